The third kappa shape index (κ3) is 3.67. The Kier molecular flexibility index (Phi) is 5.73. The normalized spacial score (nSPS) is 40.1. The van der Waals surface area contributed by atoms with E-state index in [1.165, 1.54) is 16.5 Å². The fraction of sp³-hybridized carbons (Fsp3) is 0.552. The molecule has 1 N–H and O–H groups in total. The zero-order valence-corrected chi connectivity index (χ0v) is 21.5. The standard InChI is InChI=1S/C29H37O3P/c1-17-16-29(4)22(10-11-24(29)33)20-12-13-28(3)15-18(2)26(25(30)23(28)14-21(17)20)32-27(31)19-8-6-5-7-9-19/h5-9,11,14,18,20,22,25-26,30H,10,12-13,15-16,33H2,1-4H3. The van der Waals surface area contributed by atoms with Crippen LogP contribution in [-0.2, 0) is 4.74 Å². The summed E-state index contributed by atoms with van der Waals surface area (Å²) < 4.78 is 5.94. The fourth-order valence-corrected chi connectivity index (χ4v) is 7.91. The van der Waals surface area contributed by atoms with Gasteiger partial charge >= 0.3 is 5.97 Å². The minimum atomic E-state index is -0.766. The zero-order chi connectivity index (χ0) is 23.5. The number of rotatable bonds is 2. The molecule has 1 saturated carbocycles. The minimum Gasteiger partial charge on any atom is -0.455 e. The van der Waals surface area contributed by atoms with E-state index in [1.807, 2.05) is 18.2 Å². The van der Waals surface area contributed by atoms with Gasteiger partial charge in [-0.3, -0.25) is 0 Å². The molecule has 0 heterocycles. The third-order valence-electron chi connectivity index (χ3n) is 9.31. The Labute approximate surface area is 200 Å². The monoisotopic (exact) mass is 464 g/mol. The maximum atomic E-state index is 12.8. The van der Waals surface area contributed by atoms with E-state index < -0.39 is 12.2 Å². The number of fused-ring (bicyclic) bond motifs is 4. The first kappa shape index (κ1) is 23.1. The van der Waals surface area contributed by atoms with E-state index in [9.17, 15) is 9.90 Å². The molecule has 8 unspecified atom stereocenters. The van der Waals surface area contributed by atoms with Crippen LogP contribution in [0, 0.1) is 28.6 Å². The fourth-order valence-electron chi connectivity index (χ4n) is 7.46. The van der Waals surface area contributed by atoms with E-state index in [0.29, 0.717) is 17.4 Å². The number of allylic oxidation sites excluding steroid dienone is 5. The van der Waals surface area contributed by atoms with Gasteiger partial charge in [0.2, 0.25) is 0 Å². The average molecular weight is 465 g/mol. The van der Waals surface area contributed by atoms with Crippen molar-refractivity contribution >= 4 is 15.2 Å². The predicted molar refractivity (Wildman–Crippen MR) is 136 cm³/mol. The number of hydrogen-bond donors (Lipinski definition) is 1. The van der Waals surface area contributed by atoms with E-state index in [-0.39, 0.29) is 22.7 Å². The quantitative estimate of drug-likeness (QED) is 0.404. The smallest absolute Gasteiger partial charge is 0.338 e. The average Bonchev–Trinajstić information content (AvgIpc) is 2.97. The van der Waals surface area contributed by atoms with Gasteiger partial charge in [-0.1, -0.05) is 56.7 Å². The molecule has 3 nitrogen and oxygen atoms in total. The summed E-state index contributed by atoms with van der Waals surface area (Å²) in [5.74, 6) is 0.907. The van der Waals surface area contributed by atoms with Crippen molar-refractivity contribution < 1.29 is 14.6 Å². The number of carbonyl (C=O) groups excluding carboxylic acids is 1. The van der Waals surface area contributed by atoms with Crippen molar-refractivity contribution in [3.8, 4) is 0 Å². The van der Waals surface area contributed by atoms with E-state index in [1.54, 1.807) is 12.1 Å². The van der Waals surface area contributed by atoms with E-state index in [4.69, 9.17) is 4.74 Å². The molecule has 4 heteroatoms. The van der Waals surface area contributed by atoms with Gasteiger partial charge in [0.05, 0.1) is 5.56 Å². The topological polar surface area (TPSA) is 46.5 Å². The van der Waals surface area contributed by atoms with Crippen molar-refractivity contribution in [1.82, 2.24) is 0 Å². The maximum absolute atomic E-state index is 12.8. The minimum absolute atomic E-state index is 0.0642. The molecule has 5 rings (SSSR count). The Balaban J connectivity index is 1.48. The maximum Gasteiger partial charge on any atom is 0.338 e. The number of ether oxygens (including phenoxy) is 1. The van der Waals surface area contributed by atoms with Gasteiger partial charge in [0.25, 0.3) is 0 Å². The van der Waals surface area contributed by atoms with Gasteiger partial charge < -0.3 is 9.84 Å². The van der Waals surface area contributed by atoms with Crippen molar-refractivity contribution in [3.05, 3.63) is 70.1 Å². The number of carbonyl (C=O) groups is 1. The van der Waals surface area contributed by atoms with Crippen molar-refractivity contribution in [2.24, 2.45) is 28.6 Å². The molecular weight excluding hydrogens is 427 g/mol. The molecular formula is C29H37O3P. The van der Waals surface area contributed by atoms with Crippen molar-refractivity contribution in [2.75, 3.05) is 0 Å². The van der Waals surface area contributed by atoms with E-state index in [0.717, 1.165) is 37.7 Å². The Hall–Kier alpha value is -1.70. The summed E-state index contributed by atoms with van der Waals surface area (Å²) in [7, 11) is 3.01. The summed E-state index contributed by atoms with van der Waals surface area (Å²) in [6, 6.07) is 9.10. The highest BCUT2D eigenvalue weighted by atomic mass is 31.0. The first-order valence-electron chi connectivity index (χ1n) is 12.5. The largest absolute Gasteiger partial charge is 0.455 e. The van der Waals surface area contributed by atoms with Crippen LogP contribution < -0.4 is 0 Å². The summed E-state index contributed by atoms with van der Waals surface area (Å²) in [4.78, 5) is 12.8. The van der Waals surface area contributed by atoms with Crippen molar-refractivity contribution in [3.63, 3.8) is 0 Å². The molecule has 1 fully saturated rings. The van der Waals surface area contributed by atoms with Crippen LogP contribution in [0.5, 0.6) is 0 Å². The van der Waals surface area contributed by atoms with Crippen LogP contribution in [0.3, 0.4) is 0 Å². The van der Waals surface area contributed by atoms with Gasteiger partial charge in [0.15, 0.2) is 0 Å². The summed E-state index contributed by atoms with van der Waals surface area (Å²) >= 11 is 0. The Morgan fingerprint density at radius 1 is 1.21 bits per heavy atom. The molecule has 176 valence electrons. The third-order valence-corrected chi connectivity index (χ3v) is 10.2. The lowest BCUT2D eigenvalue weighted by Gasteiger charge is -2.46. The van der Waals surface area contributed by atoms with Crippen molar-refractivity contribution in [2.45, 2.75) is 72.0 Å². The molecule has 0 bridgehead atoms. The molecule has 0 saturated heterocycles. The van der Waals surface area contributed by atoms with Gasteiger partial charge in [-0.2, -0.15) is 0 Å². The van der Waals surface area contributed by atoms with Gasteiger partial charge in [0, 0.05) is 0 Å². The molecule has 4 aliphatic rings. The lowest BCUT2D eigenvalue weighted by molar-refractivity contribution is -0.0602. The van der Waals surface area contributed by atoms with Crippen LogP contribution in [-0.4, -0.2) is 23.3 Å². The first-order valence-corrected chi connectivity index (χ1v) is 13.0. The van der Waals surface area contributed by atoms with Crippen LogP contribution in [0.2, 0.25) is 0 Å². The molecule has 0 aliphatic heterocycles. The number of esters is 1. The van der Waals surface area contributed by atoms with Gasteiger partial charge in [-0.15, -0.1) is 9.24 Å². The van der Waals surface area contributed by atoms with Gasteiger partial charge in [0.1, 0.15) is 12.2 Å². The lowest BCUT2D eigenvalue weighted by atomic mass is 9.61. The summed E-state index contributed by atoms with van der Waals surface area (Å²) in [5.41, 5.74) is 4.67. The second kappa shape index (κ2) is 8.21. The molecule has 0 spiro atoms. The van der Waals surface area contributed by atoms with E-state index >= 15 is 0 Å². The lowest BCUT2D eigenvalue weighted by Crippen LogP contribution is -2.48. The van der Waals surface area contributed by atoms with Crippen molar-refractivity contribution in [1.29, 1.82) is 0 Å². The molecule has 1 aromatic rings. The second-order valence-electron chi connectivity index (χ2n) is 11.5. The zero-order valence-electron chi connectivity index (χ0n) is 20.3. The van der Waals surface area contributed by atoms with Crippen LogP contribution in [0.25, 0.3) is 0 Å². The molecule has 4 aliphatic carbocycles. The summed E-state index contributed by atoms with van der Waals surface area (Å²) in [6.45, 7) is 9.15. The number of benzene rings is 1. The van der Waals surface area contributed by atoms with Gasteiger partial charge in [-0.05, 0) is 96.2 Å². The SMILES string of the molecule is CC1=C2C=C3C(O)C(OC(=O)c4ccccc4)C(C)CC3(C)CCC2C2CC=C(P)C2(C)C1. The number of hydrogen-bond acceptors (Lipinski definition) is 3. The highest BCUT2D eigenvalue weighted by molar-refractivity contribution is 7.22. The van der Waals surface area contributed by atoms with Crippen LogP contribution in [0.1, 0.15) is 70.2 Å². The number of aliphatic hydroxyl groups is 1. The molecule has 33 heavy (non-hydrogen) atoms. The highest BCUT2D eigenvalue weighted by Gasteiger charge is 2.52. The summed E-state index contributed by atoms with van der Waals surface area (Å²) in [5, 5.41) is 13.1. The Morgan fingerprint density at radius 3 is 2.67 bits per heavy atom. The highest BCUT2D eigenvalue weighted by Crippen LogP contribution is 2.62. The van der Waals surface area contributed by atoms with E-state index in [2.05, 4.69) is 49.1 Å². The molecule has 8 atom stereocenters. The number of aliphatic hydroxyl groups excluding tert-OH is 1. The molecule has 0 aromatic heterocycles. The Bertz CT molecular complexity index is 1050. The van der Waals surface area contributed by atoms with Gasteiger partial charge in [-0.25, -0.2) is 4.79 Å². The Morgan fingerprint density at radius 2 is 1.94 bits per heavy atom. The molecule has 0 radical (unpaired) electrons. The molecule has 0 amide bonds. The van der Waals surface area contributed by atoms with Crippen LogP contribution in [0.4, 0.5) is 0 Å². The first-order chi connectivity index (χ1) is 15.6. The molecule has 1 aromatic carbocycles. The summed E-state index contributed by atoms with van der Waals surface area (Å²) in [6.07, 6.45) is 8.85. The van der Waals surface area contributed by atoms with Crippen LogP contribution >= 0.6 is 9.24 Å². The van der Waals surface area contributed by atoms with Crippen LogP contribution in [0.15, 0.2) is 64.5 Å². The predicted octanol–water partition coefficient (Wildman–Crippen LogP) is 6.46. The second-order valence-corrected chi connectivity index (χ2v) is 12.1.